The summed E-state index contributed by atoms with van der Waals surface area (Å²) in [4.78, 5) is 16.5. The fourth-order valence-electron chi connectivity index (χ4n) is 2.85. The zero-order valence-corrected chi connectivity index (χ0v) is 11.8. The molecule has 1 heterocycles. The van der Waals surface area contributed by atoms with E-state index >= 15 is 0 Å². The average molecular weight is 261 g/mol. The summed E-state index contributed by atoms with van der Waals surface area (Å²) in [6, 6.07) is 3.67. The van der Waals surface area contributed by atoms with E-state index in [1.54, 1.807) is 6.20 Å². The number of amides is 1. The van der Waals surface area contributed by atoms with Gasteiger partial charge in [-0.15, -0.1) is 0 Å². The van der Waals surface area contributed by atoms with E-state index in [1.165, 1.54) is 6.42 Å². The summed E-state index contributed by atoms with van der Waals surface area (Å²) in [7, 11) is 0. The third kappa shape index (κ3) is 2.95. The summed E-state index contributed by atoms with van der Waals surface area (Å²) in [6.07, 6.45) is 6.08. The van der Waals surface area contributed by atoms with Gasteiger partial charge in [0.2, 0.25) is 0 Å². The molecule has 4 nitrogen and oxygen atoms in total. The smallest absolute Gasteiger partial charge is 0.253 e. The molecule has 0 aliphatic heterocycles. The van der Waals surface area contributed by atoms with Crippen LogP contribution in [0, 0.1) is 12.8 Å². The monoisotopic (exact) mass is 261 g/mol. The number of nitrogens with zero attached hydrogens (tertiary/aromatic N) is 1. The Hall–Kier alpha value is -1.42. The second-order valence-electron chi connectivity index (χ2n) is 5.65. The Morgan fingerprint density at radius 3 is 2.89 bits per heavy atom. The maximum Gasteiger partial charge on any atom is 0.253 e. The van der Waals surface area contributed by atoms with Crippen LogP contribution in [-0.2, 0) is 0 Å². The van der Waals surface area contributed by atoms with Crippen LogP contribution in [0.3, 0.4) is 0 Å². The van der Waals surface area contributed by atoms with Crippen molar-refractivity contribution < 1.29 is 4.79 Å². The van der Waals surface area contributed by atoms with Gasteiger partial charge < -0.3 is 11.1 Å². The van der Waals surface area contributed by atoms with Gasteiger partial charge in [-0.1, -0.05) is 19.8 Å². The van der Waals surface area contributed by atoms with Crippen LogP contribution in [-0.4, -0.2) is 23.0 Å². The molecule has 104 valence electrons. The molecule has 4 heteroatoms. The van der Waals surface area contributed by atoms with E-state index in [0.717, 1.165) is 25.0 Å². The minimum atomic E-state index is -0.250. The van der Waals surface area contributed by atoms with Gasteiger partial charge in [-0.25, -0.2) is 0 Å². The number of carbonyl (C=O) groups is 1. The minimum absolute atomic E-state index is 0.0632. The Bertz CT molecular complexity index is 443. The molecule has 1 aromatic heterocycles. The van der Waals surface area contributed by atoms with Gasteiger partial charge in [0.15, 0.2) is 0 Å². The Kier molecular flexibility index (Phi) is 4.20. The first-order chi connectivity index (χ1) is 9.07. The van der Waals surface area contributed by atoms with Crippen molar-refractivity contribution in [1.29, 1.82) is 0 Å². The number of hydrogen-bond donors (Lipinski definition) is 2. The highest BCUT2D eigenvalue weighted by Gasteiger charge is 2.38. The lowest BCUT2D eigenvalue weighted by molar-refractivity contribution is 0.0812. The molecule has 1 aliphatic carbocycles. The van der Waals surface area contributed by atoms with Crippen LogP contribution in [0.25, 0.3) is 0 Å². The summed E-state index contributed by atoms with van der Waals surface area (Å²) >= 11 is 0. The van der Waals surface area contributed by atoms with E-state index in [2.05, 4.69) is 17.2 Å². The number of carbonyl (C=O) groups excluding carboxylic acids is 1. The largest absolute Gasteiger partial charge is 0.345 e. The normalized spacial score (nSPS) is 27.0. The topological polar surface area (TPSA) is 68.0 Å². The van der Waals surface area contributed by atoms with Gasteiger partial charge in [-0.2, -0.15) is 0 Å². The molecule has 1 aromatic rings. The Morgan fingerprint density at radius 2 is 2.32 bits per heavy atom. The highest BCUT2D eigenvalue weighted by Crippen LogP contribution is 2.33. The number of pyridine rings is 1. The number of hydrogen-bond acceptors (Lipinski definition) is 3. The molecular weight excluding hydrogens is 238 g/mol. The van der Waals surface area contributed by atoms with Crippen molar-refractivity contribution in [1.82, 2.24) is 10.3 Å². The van der Waals surface area contributed by atoms with Gasteiger partial charge in [0.1, 0.15) is 0 Å². The zero-order chi connectivity index (χ0) is 13.9. The maximum absolute atomic E-state index is 12.3. The Labute approximate surface area is 114 Å². The lowest BCUT2D eigenvalue weighted by Crippen LogP contribution is -2.59. The highest BCUT2D eigenvalue weighted by atomic mass is 16.1. The predicted octanol–water partition coefficient (Wildman–Crippen LogP) is 2.03. The third-order valence-electron chi connectivity index (χ3n) is 4.35. The molecular formula is C15H23N3O. The molecule has 1 amide bonds. The van der Waals surface area contributed by atoms with Crippen molar-refractivity contribution in [3.8, 4) is 0 Å². The summed E-state index contributed by atoms with van der Waals surface area (Å²) in [5, 5.41) is 3.16. The predicted molar refractivity (Wildman–Crippen MR) is 75.9 cm³/mol. The van der Waals surface area contributed by atoms with Crippen molar-refractivity contribution in [2.45, 2.75) is 45.1 Å². The first-order valence-electron chi connectivity index (χ1n) is 7.02. The molecule has 1 saturated carbocycles. The van der Waals surface area contributed by atoms with Crippen LogP contribution in [0.1, 0.15) is 48.7 Å². The number of aromatic nitrogens is 1. The Balaban J connectivity index is 2.13. The third-order valence-corrected chi connectivity index (χ3v) is 4.35. The molecule has 0 aromatic carbocycles. The summed E-state index contributed by atoms with van der Waals surface area (Å²) in [5.74, 6) is 0.361. The van der Waals surface area contributed by atoms with Crippen molar-refractivity contribution in [2.75, 3.05) is 6.54 Å². The van der Waals surface area contributed by atoms with Crippen LogP contribution >= 0.6 is 0 Å². The molecule has 1 aliphatic rings. The van der Waals surface area contributed by atoms with E-state index in [1.807, 2.05) is 19.1 Å². The molecule has 2 atom stereocenters. The fourth-order valence-corrected chi connectivity index (χ4v) is 2.85. The van der Waals surface area contributed by atoms with Crippen LogP contribution < -0.4 is 11.1 Å². The SMILES string of the molecule is Cc1ccc(C(=O)NC2(CN)CCCCC2C)cn1. The summed E-state index contributed by atoms with van der Waals surface area (Å²) < 4.78 is 0. The van der Waals surface area contributed by atoms with Gasteiger partial charge in [0.25, 0.3) is 5.91 Å². The standard InChI is InChI=1S/C15H23N3O/c1-11-5-3-4-8-15(11,10-16)18-14(19)13-7-6-12(2)17-9-13/h6-7,9,11H,3-5,8,10,16H2,1-2H3,(H,18,19). The quantitative estimate of drug-likeness (QED) is 0.874. The van der Waals surface area contributed by atoms with Crippen LogP contribution in [0.4, 0.5) is 0 Å². The van der Waals surface area contributed by atoms with Crippen molar-refractivity contribution >= 4 is 5.91 Å². The minimum Gasteiger partial charge on any atom is -0.345 e. The summed E-state index contributed by atoms with van der Waals surface area (Å²) in [6.45, 7) is 4.59. The van der Waals surface area contributed by atoms with E-state index < -0.39 is 0 Å². The van der Waals surface area contributed by atoms with Crippen LogP contribution in [0.5, 0.6) is 0 Å². The second-order valence-corrected chi connectivity index (χ2v) is 5.65. The number of aryl methyl sites for hydroxylation is 1. The van der Waals surface area contributed by atoms with Crippen molar-refractivity contribution in [2.24, 2.45) is 11.7 Å². The molecule has 0 radical (unpaired) electrons. The van der Waals surface area contributed by atoms with E-state index in [9.17, 15) is 4.79 Å². The second kappa shape index (κ2) is 5.70. The zero-order valence-electron chi connectivity index (χ0n) is 11.8. The first kappa shape index (κ1) is 14.0. The number of rotatable bonds is 3. The lowest BCUT2D eigenvalue weighted by Gasteiger charge is -2.42. The Morgan fingerprint density at radius 1 is 1.53 bits per heavy atom. The van der Waals surface area contributed by atoms with Crippen molar-refractivity contribution in [3.63, 3.8) is 0 Å². The average Bonchev–Trinajstić information content (AvgIpc) is 2.42. The lowest BCUT2D eigenvalue weighted by atomic mass is 9.73. The van der Waals surface area contributed by atoms with Gasteiger partial charge in [-0.05, 0) is 37.8 Å². The van der Waals surface area contributed by atoms with Gasteiger partial charge in [0.05, 0.1) is 11.1 Å². The van der Waals surface area contributed by atoms with E-state index in [4.69, 9.17) is 5.73 Å². The van der Waals surface area contributed by atoms with Crippen LogP contribution in [0.15, 0.2) is 18.3 Å². The van der Waals surface area contributed by atoms with Gasteiger partial charge in [0, 0.05) is 18.4 Å². The molecule has 19 heavy (non-hydrogen) atoms. The molecule has 2 unspecified atom stereocenters. The fraction of sp³-hybridized carbons (Fsp3) is 0.600. The van der Waals surface area contributed by atoms with Crippen molar-refractivity contribution in [3.05, 3.63) is 29.6 Å². The molecule has 1 fully saturated rings. The first-order valence-corrected chi connectivity index (χ1v) is 7.02. The highest BCUT2D eigenvalue weighted by molar-refractivity contribution is 5.94. The molecule has 3 N–H and O–H groups in total. The molecule has 2 rings (SSSR count). The maximum atomic E-state index is 12.3. The number of nitrogens with two attached hydrogens (primary N) is 1. The van der Waals surface area contributed by atoms with Crippen LogP contribution in [0.2, 0.25) is 0 Å². The van der Waals surface area contributed by atoms with E-state index in [0.29, 0.717) is 18.0 Å². The molecule has 0 bridgehead atoms. The molecule has 0 spiro atoms. The van der Waals surface area contributed by atoms with Gasteiger partial charge >= 0.3 is 0 Å². The number of nitrogens with one attached hydrogen (secondary N) is 1. The van der Waals surface area contributed by atoms with Gasteiger partial charge in [-0.3, -0.25) is 9.78 Å². The summed E-state index contributed by atoms with van der Waals surface area (Å²) in [5.41, 5.74) is 7.22. The van der Waals surface area contributed by atoms with E-state index in [-0.39, 0.29) is 11.4 Å². The molecule has 0 saturated heterocycles.